The first-order chi connectivity index (χ1) is 11.2. The van der Waals surface area contributed by atoms with E-state index in [9.17, 15) is 8.78 Å². The van der Waals surface area contributed by atoms with Gasteiger partial charge in [0, 0.05) is 50.5 Å². The van der Waals surface area contributed by atoms with Crippen LogP contribution in [0.4, 0.5) is 8.78 Å². The molecule has 2 fully saturated rings. The van der Waals surface area contributed by atoms with E-state index in [2.05, 4.69) is 20.9 Å². The van der Waals surface area contributed by atoms with Gasteiger partial charge in [0.05, 0.1) is 5.69 Å². The maximum atomic E-state index is 13.3. The fraction of sp³-hybridized carbons (Fsp3) is 0.389. The van der Waals surface area contributed by atoms with Gasteiger partial charge in [0.1, 0.15) is 11.6 Å². The molecule has 2 saturated heterocycles. The number of rotatable bonds is 4. The van der Waals surface area contributed by atoms with Gasteiger partial charge < -0.3 is 0 Å². The van der Waals surface area contributed by atoms with E-state index < -0.39 is 11.6 Å². The molecule has 3 heterocycles. The molecule has 2 atom stereocenters. The predicted octanol–water partition coefficient (Wildman–Crippen LogP) is 2.82. The molecule has 2 aliphatic heterocycles. The molecule has 0 radical (unpaired) electrons. The van der Waals surface area contributed by atoms with Crippen molar-refractivity contribution >= 4 is 0 Å². The molecule has 2 aliphatic rings. The van der Waals surface area contributed by atoms with E-state index in [1.807, 2.05) is 18.3 Å². The van der Waals surface area contributed by atoms with Gasteiger partial charge in [-0.15, -0.1) is 0 Å². The zero-order valence-corrected chi connectivity index (χ0v) is 12.8. The van der Waals surface area contributed by atoms with Gasteiger partial charge in [0.25, 0.3) is 0 Å². The molecule has 23 heavy (non-hydrogen) atoms. The van der Waals surface area contributed by atoms with E-state index in [4.69, 9.17) is 0 Å². The zero-order chi connectivity index (χ0) is 15.8. The molecular weight excluding hydrogens is 296 g/mol. The minimum absolute atomic E-state index is 0.468. The summed E-state index contributed by atoms with van der Waals surface area (Å²) in [5.41, 5.74) is 1.81. The van der Waals surface area contributed by atoms with Crippen molar-refractivity contribution in [2.75, 3.05) is 13.1 Å². The maximum absolute atomic E-state index is 13.3. The Kier molecular flexibility index (Phi) is 3.83. The van der Waals surface area contributed by atoms with Crippen molar-refractivity contribution in [2.24, 2.45) is 0 Å². The number of nitrogens with zero attached hydrogens (tertiary/aromatic N) is 3. The number of benzene rings is 1. The largest absolute Gasteiger partial charge is 0.293 e. The predicted molar refractivity (Wildman–Crippen MR) is 83.6 cm³/mol. The zero-order valence-electron chi connectivity index (χ0n) is 12.8. The van der Waals surface area contributed by atoms with Crippen molar-refractivity contribution in [3.8, 4) is 0 Å². The van der Waals surface area contributed by atoms with Gasteiger partial charge in [-0.25, -0.2) is 8.78 Å². The molecule has 4 rings (SSSR count). The summed E-state index contributed by atoms with van der Waals surface area (Å²) in [5, 5.41) is 0. The smallest absolute Gasteiger partial charge is 0.126 e. The summed E-state index contributed by atoms with van der Waals surface area (Å²) in [5.74, 6) is -0.998. The third-order valence-corrected chi connectivity index (χ3v) is 4.87. The number of piperazine rings is 1. The highest BCUT2D eigenvalue weighted by Gasteiger charge is 2.42. The molecule has 2 unspecified atom stereocenters. The lowest BCUT2D eigenvalue weighted by Gasteiger charge is -2.34. The van der Waals surface area contributed by atoms with Crippen LogP contribution >= 0.6 is 0 Å². The van der Waals surface area contributed by atoms with Gasteiger partial charge in [0.15, 0.2) is 0 Å². The molecule has 0 N–H and O–H groups in total. The molecule has 5 heteroatoms. The van der Waals surface area contributed by atoms with Crippen molar-refractivity contribution in [3.05, 3.63) is 65.5 Å². The molecule has 0 amide bonds. The van der Waals surface area contributed by atoms with E-state index >= 15 is 0 Å². The first kappa shape index (κ1) is 14.7. The van der Waals surface area contributed by atoms with E-state index in [0.29, 0.717) is 24.2 Å². The third kappa shape index (κ3) is 3.12. The molecule has 2 aromatic rings. The number of pyridine rings is 1. The summed E-state index contributed by atoms with van der Waals surface area (Å²) in [6.07, 6.45) is 2.96. The molecule has 1 aromatic carbocycles. The van der Waals surface area contributed by atoms with Crippen LogP contribution in [0.15, 0.2) is 42.6 Å². The molecule has 0 aliphatic carbocycles. The second kappa shape index (κ2) is 5.98. The van der Waals surface area contributed by atoms with Crippen LogP contribution in [0.3, 0.4) is 0 Å². The highest BCUT2D eigenvalue weighted by atomic mass is 19.1. The van der Waals surface area contributed by atoms with Crippen molar-refractivity contribution in [2.45, 2.75) is 31.6 Å². The van der Waals surface area contributed by atoms with E-state index in [1.165, 1.54) is 12.1 Å². The fourth-order valence-corrected chi connectivity index (χ4v) is 3.86. The number of hydrogen-bond donors (Lipinski definition) is 0. The van der Waals surface area contributed by atoms with Gasteiger partial charge in [-0.2, -0.15) is 0 Å². The van der Waals surface area contributed by atoms with Crippen molar-refractivity contribution in [1.82, 2.24) is 14.8 Å². The lowest BCUT2D eigenvalue weighted by Crippen LogP contribution is -2.45. The maximum Gasteiger partial charge on any atom is 0.126 e. The lowest BCUT2D eigenvalue weighted by atomic mass is 10.1. The summed E-state index contributed by atoms with van der Waals surface area (Å²) in [6, 6.07) is 10.8. The Hall–Kier alpha value is -1.85. The summed E-state index contributed by atoms with van der Waals surface area (Å²) in [6.45, 7) is 3.45. The van der Waals surface area contributed by atoms with Crippen molar-refractivity contribution in [3.63, 3.8) is 0 Å². The number of hydrogen-bond acceptors (Lipinski definition) is 3. The molecular formula is C18H19F2N3. The number of aromatic nitrogens is 1. The first-order valence-corrected chi connectivity index (χ1v) is 8.00. The van der Waals surface area contributed by atoms with Crippen LogP contribution in [0, 0.1) is 11.6 Å². The number of likely N-dealkylation sites (tertiary alicyclic amines) is 2. The van der Waals surface area contributed by atoms with Gasteiger partial charge in [-0.05, 0) is 36.2 Å². The number of fused-ring (bicyclic) bond motifs is 2. The Morgan fingerprint density at radius 3 is 2.26 bits per heavy atom. The minimum atomic E-state index is -0.499. The van der Waals surface area contributed by atoms with Crippen LogP contribution in [0.1, 0.15) is 17.7 Å². The van der Waals surface area contributed by atoms with Gasteiger partial charge in [0.2, 0.25) is 0 Å². The fourth-order valence-electron chi connectivity index (χ4n) is 3.86. The normalized spacial score (nSPS) is 24.4. The Labute approximate surface area is 134 Å². The van der Waals surface area contributed by atoms with Crippen LogP contribution in [-0.2, 0) is 13.1 Å². The topological polar surface area (TPSA) is 19.4 Å². The first-order valence-electron chi connectivity index (χ1n) is 8.00. The third-order valence-electron chi connectivity index (χ3n) is 4.87. The van der Waals surface area contributed by atoms with Crippen molar-refractivity contribution < 1.29 is 8.78 Å². The van der Waals surface area contributed by atoms with Crippen LogP contribution in [0.2, 0.25) is 0 Å². The van der Waals surface area contributed by atoms with Crippen LogP contribution in [-0.4, -0.2) is 40.0 Å². The van der Waals surface area contributed by atoms with Crippen molar-refractivity contribution in [1.29, 1.82) is 0 Å². The lowest BCUT2D eigenvalue weighted by molar-refractivity contribution is 0.117. The highest BCUT2D eigenvalue weighted by molar-refractivity contribution is 5.19. The monoisotopic (exact) mass is 315 g/mol. The molecule has 120 valence electrons. The van der Waals surface area contributed by atoms with Crippen LogP contribution < -0.4 is 0 Å². The standard InChI is InChI=1S/C18H19F2N3/c19-14-5-13(6-15(20)7-14)9-22-11-18-8-17(22)12-23(18)10-16-3-1-2-4-21-16/h1-7,17-18H,8-12H2. The van der Waals surface area contributed by atoms with Crippen LogP contribution in [0.25, 0.3) is 0 Å². The summed E-state index contributed by atoms with van der Waals surface area (Å²) >= 11 is 0. The van der Waals surface area contributed by atoms with E-state index in [0.717, 1.165) is 37.8 Å². The molecule has 2 bridgehead atoms. The Morgan fingerprint density at radius 1 is 0.957 bits per heavy atom. The quantitative estimate of drug-likeness (QED) is 0.865. The Balaban J connectivity index is 1.39. The second-order valence-electron chi connectivity index (χ2n) is 6.50. The molecule has 1 aromatic heterocycles. The summed E-state index contributed by atoms with van der Waals surface area (Å²) < 4.78 is 26.6. The Morgan fingerprint density at radius 2 is 1.65 bits per heavy atom. The molecule has 3 nitrogen and oxygen atoms in total. The second-order valence-corrected chi connectivity index (χ2v) is 6.50. The van der Waals surface area contributed by atoms with Crippen LogP contribution in [0.5, 0.6) is 0 Å². The number of halogens is 2. The average Bonchev–Trinajstić information content (AvgIpc) is 3.07. The van der Waals surface area contributed by atoms with Gasteiger partial charge >= 0.3 is 0 Å². The average molecular weight is 315 g/mol. The summed E-state index contributed by atoms with van der Waals surface area (Å²) in [4.78, 5) is 9.20. The summed E-state index contributed by atoms with van der Waals surface area (Å²) in [7, 11) is 0. The van der Waals surface area contributed by atoms with E-state index in [1.54, 1.807) is 0 Å². The van der Waals surface area contributed by atoms with Gasteiger partial charge in [-0.1, -0.05) is 6.07 Å². The minimum Gasteiger partial charge on any atom is -0.293 e. The molecule has 0 saturated carbocycles. The SMILES string of the molecule is Fc1cc(F)cc(CN2CC3CC2CN3Cc2ccccn2)c1. The van der Waals surface area contributed by atoms with E-state index in [-0.39, 0.29) is 0 Å². The Bertz CT molecular complexity index is 672. The highest BCUT2D eigenvalue weighted by Crippen LogP contribution is 2.32. The van der Waals surface area contributed by atoms with Gasteiger partial charge in [-0.3, -0.25) is 14.8 Å². The molecule has 0 spiro atoms.